The molecule has 3 nitrogen and oxygen atoms in total. The van der Waals surface area contributed by atoms with Crippen LogP contribution in [-0.4, -0.2) is 15.2 Å². The number of rotatable bonds is 2. The van der Waals surface area contributed by atoms with Gasteiger partial charge in [0.2, 0.25) is 0 Å². The van der Waals surface area contributed by atoms with Crippen molar-refractivity contribution in [1.82, 2.24) is 15.2 Å². The molecule has 1 aliphatic rings. The molecule has 1 N–H and O–H groups in total. The number of aromatic amines is 1. The monoisotopic (exact) mass is 227 g/mol. The Labute approximate surface area is 101 Å². The Hall–Kier alpha value is -1.64. The SMILES string of the molecule is CCc1nc(C2CCCc3ccccc32)n[nH]1. The number of benzene rings is 1. The lowest BCUT2D eigenvalue weighted by molar-refractivity contribution is 0.592. The quantitative estimate of drug-likeness (QED) is 0.857. The van der Waals surface area contributed by atoms with E-state index in [-0.39, 0.29) is 0 Å². The number of nitrogens with one attached hydrogen (secondary N) is 1. The fourth-order valence-corrected chi connectivity index (χ4v) is 2.65. The molecule has 1 aromatic heterocycles. The average molecular weight is 227 g/mol. The first-order valence-corrected chi connectivity index (χ1v) is 6.37. The van der Waals surface area contributed by atoms with E-state index in [1.165, 1.54) is 24.0 Å². The Morgan fingerprint density at radius 3 is 3.06 bits per heavy atom. The second-order valence-corrected chi connectivity index (χ2v) is 4.64. The van der Waals surface area contributed by atoms with Crippen LogP contribution in [0.2, 0.25) is 0 Å². The van der Waals surface area contributed by atoms with Crippen molar-refractivity contribution < 1.29 is 0 Å². The fourth-order valence-electron chi connectivity index (χ4n) is 2.65. The molecular weight excluding hydrogens is 210 g/mol. The molecule has 1 heterocycles. The van der Waals surface area contributed by atoms with Crippen molar-refractivity contribution in [3.05, 3.63) is 47.0 Å². The van der Waals surface area contributed by atoms with Crippen molar-refractivity contribution >= 4 is 0 Å². The third kappa shape index (κ3) is 1.86. The minimum absolute atomic E-state index is 0.386. The molecule has 0 bridgehead atoms. The van der Waals surface area contributed by atoms with Gasteiger partial charge in [0.1, 0.15) is 5.82 Å². The third-order valence-electron chi connectivity index (χ3n) is 3.57. The second kappa shape index (κ2) is 4.32. The highest BCUT2D eigenvalue weighted by molar-refractivity contribution is 5.36. The molecule has 0 fully saturated rings. The number of fused-ring (bicyclic) bond motifs is 1. The molecule has 0 saturated carbocycles. The molecule has 0 spiro atoms. The number of aryl methyl sites for hydroxylation is 2. The van der Waals surface area contributed by atoms with Gasteiger partial charge in [0.05, 0.1) is 0 Å². The molecule has 3 rings (SSSR count). The molecule has 0 amide bonds. The van der Waals surface area contributed by atoms with Crippen molar-refractivity contribution in [2.45, 2.75) is 38.5 Å². The number of H-pyrrole nitrogens is 1. The Bertz CT molecular complexity index is 516. The van der Waals surface area contributed by atoms with Gasteiger partial charge in [0.15, 0.2) is 5.82 Å². The second-order valence-electron chi connectivity index (χ2n) is 4.64. The summed E-state index contributed by atoms with van der Waals surface area (Å²) in [6.45, 7) is 2.10. The van der Waals surface area contributed by atoms with Gasteiger partial charge in [0.25, 0.3) is 0 Å². The van der Waals surface area contributed by atoms with E-state index >= 15 is 0 Å². The van der Waals surface area contributed by atoms with Gasteiger partial charge in [-0.05, 0) is 30.4 Å². The van der Waals surface area contributed by atoms with Crippen LogP contribution < -0.4 is 0 Å². The van der Waals surface area contributed by atoms with Crippen LogP contribution in [0.25, 0.3) is 0 Å². The van der Waals surface area contributed by atoms with Gasteiger partial charge in [-0.25, -0.2) is 4.98 Å². The summed E-state index contributed by atoms with van der Waals surface area (Å²) in [4.78, 5) is 4.58. The smallest absolute Gasteiger partial charge is 0.158 e. The van der Waals surface area contributed by atoms with Crippen molar-refractivity contribution in [1.29, 1.82) is 0 Å². The van der Waals surface area contributed by atoms with Crippen LogP contribution in [0, 0.1) is 0 Å². The van der Waals surface area contributed by atoms with E-state index in [2.05, 4.69) is 46.4 Å². The number of hydrogen-bond donors (Lipinski definition) is 1. The van der Waals surface area contributed by atoms with Crippen molar-refractivity contribution in [3.8, 4) is 0 Å². The fraction of sp³-hybridized carbons (Fsp3) is 0.429. The lowest BCUT2D eigenvalue weighted by Gasteiger charge is -2.22. The van der Waals surface area contributed by atoms with Crippen LogP contribution in [0.3, 0.4) is 0 Å². The summed E-state index contributed by atoms with van der Waals surface area (Å²) in [6.07, 6.45) is 4.51. The van der Waals surface area contributed by atoms with Gasteiger partial charge in [-0.1, -0.05) is 31.2 Å². The predicted octanol–water partition coefficient (Wildman–Crippen LogP) is 2.84. The molecule has 17 heavy (non-hydrogen) atoms. The summed E-state index contributed by atoms with van der Waals surface area (Å²) in [5, 5.41) is 7.40. The number of hydrogen-bond acceptors (Lipinski definition) is 2. The van der Waals surface area contributed by atoms with E-state index in [9.17, 15) is 0 Å². The molecule has 0 aliphatic heterocycles. The maximum absolute atomic E-state index is 4.58. The molecule has 1 aromatic carbocycles. The number of nitrogens with zero attached hydrogens (tertiary/aromatic N) is 2. The van der Waals surface area contributed by atoms with Gasteiger partial charge in [-0.15, -0.1) is 0 Å². The first-order chi connectivity index (χ1) is 8.38. The van der Waals surface area contributed by atoms with Crippen LogP contribution in [-0.2, 0) is 12.8 Å². The van der Waals surface area contributed by atoms with Gasteiger partial charge in [0, 0.05) is 12.3 Å². The molecular formula is C14H17N3. The van der Waals surface area contributed by atoms with Gasteiger partial charge < -0.3 is 0 Å². The lowest BCUT2D eigenvalue weighted by atomic mass is 9.82. The highest BCUT2D eigenvalue weighted by atomic mass is 15.2. The zero-order chi connectivity index (χ0) is 11.7. The third-order valence-corrected chi connectivity index (χ3v) is 3.57. The Balaban J connectivity index is 1.99. The van der Waals surface area contributed by atoms with E-state index in [1.54, 1.807) is 0 Å². The molecule has 1 unspecified atom stereocenters. The van der Waals surface area contributed by atoms with Crippen molar-refractivity contribution in [2.24, 2.45) is 0 Å². The molecule has 0 radical (unpaired) electrons. The molecule has 1 atom stereocenters. The van der Waals surface area contributed by atoms with Crippen LogP contribution in [0.5, 0.6) is 0 Å². The summed E-state index contributed by atoms with van der Waals surface area (Å²) in [6, 6.07) is 8.69. The largest absolute Gasteiger partial charge is 0.263 e. The summed E-state index contributed by atoms with van der Waals surface area (Å²) in [5.74, 6) is 2.34. The van der Waals surface area contributed by atoms with Crippen LogP contribution in [0.15, 0.2) is 24.3 Å². The predicted molar refractivity (Wildman–Crippen MR) is 67.0 cm³/mol. The highest BCUT2D eigenvalue weighted by Gasteiger charge is 2.24. The van der Waals surface area contributed by atoms with Crippen molar-refractivity contribution in [3.63, 3.8) is 0 Å². The lowest BCUT2D eigenvalue weighted by Crippen LogP contribution is -2.12. The first-order valence-electron chi connectivity index (χ1n) is 6.37. The minimum Gasteiger partial charge on any atom is -0.263 e. The number of aromatic nitrogens is 3. The molecule has 0 saturated heterocycles. The van der Waals surface area contributed by atoms with E-state index in [0.717, 1.165) is 24.5 Å². The van der Waals surface area contributed by atoms with Crippen molar-refractivity contribution in [2.75, 3.05) is 0 Å². The maximum Gasteiger partial charge on any atom is 0.158 e. The van der Waals surface area contributed by atoms with Gasteiger partial charge >= 0.3 is 0 Å². The molecule has 1 aliphatic carbocycles. The Kier molecular flexibility index (Phi) is 2.67. The minimum atomic E-state index is 0.386. The van der Waals surface area contributed by atoms with Gasteiger partial charge in [-0.3, -0.25) is 5.10 Å². The van der Waals surface area contributed by atoms with E-state index in [1.807, 2.05) is 0 Å². The van der Waals surface area contributed by atoms with Crippen LogP contribution in [0.4, 0.5) is 0 Å². The summed E-state index contributed by atoms with van der Waals surface area (Å²) in [5.41, 5.74) is 2.88. The van der Waals surface area contributed by atoms with E-state index < -0.39 is 0 Å². The Morgan fingerprint density at radius 2 is 2.24 bits per heavy atom. The summed E-state index contributed by atoms with van der Waals surface area (Å²) < 4.78 is 0. The molecule has 3 heteroatoms. The van der Waals surface area contributed by atoms with Crippen LogP contribution in [0.1, 0.15) is 48.5 Å². The van der Waals surface area contributed by atoms with E-state index in [4.69, 9.17) is 0 Å². The first kappa shape index (κ1) is 10.5. The average Bonchev–Trinajstić information content (AvgIpc) is 2.87. The normalized spacial score (nSPS) is 19.0. The standard InChI is InChI=1S/C14H17N3/c1-2-13-15-14(17-16-13)12-9-5-7-10-6-3-4-8-11(10)12/h3-4,6,8,12H,2,5,7,9H2,1H3,(H,15,16,17). The van der Waals surface area contributed by atoms with E-state index in [0.29, 0.717) is 5.92 Å². The Morgan fingerprint density at radius 1 is 1.35 bits per heavy atom. The zero-order valence-corrected chi connectivity index (χ0v) is 10.1. The topological polar surface area (TPSA) is 41.6 Å². The molecule has 88 valence electrons. The highest BCUT2D eigenvalue weighted by Crippen LogP contribution is 2.34. The zero-order valence-electron chi connectivity index (χ0n) is 10.1. The summed E-state index contributed by atoms with van der Waals surface area (Å²) >= 11 is 0. The summed E-state index contributed by atoms with van der Waals surface area (Å²) in [7, 11) is 0. The van der Waals surface area contributed by atoms with Crippen LogP contribution >= 0.6 is 0 Å². The maximum atomic E-state index is 4.58. The van der Waals surface area contributed by atoms with Gasteiger partial charge in [-0.2, -0.15) is 5.10 Å². The molecule has 2 aromatic rings.